The van der Waals surface area contributed by atoms with E-state index in [1.807, 2.05) is 24.8 Å². The summed E-state index contributed by atoms with van der Waals surface area (Å²) < 4.78 is 7.37. The predicted molar refractivity (Wildman–Crippen MR) is 96.8 cm³/mol. The van der Waals surface area contributed by atoms with E-state index in [4.69, 9.17) is 4.74 Å². The zero-order valence-electron chi connectivity index (χ0n) is 15.2. The van der Waals surface area contributed by atoms with Crippen molar-refractivity contribution >= 4 is 5.91 Å². The number of carbonyl (C=O) groups excluding carboxylic acids is 1. The average molecular weight is 328 g/mol. The fourth-order valence-electron chi connectivity index (χ4n) is 2.78. The summed E-state index contributed by atoms with van der Waals surface area (Å²) in [6, 6.07) is 12.7. The molecule has 0 fully saturated rings. The number of methoxy groups -OCH3 is 1. The van der Waals surface area contributed by atoms with Crippen LogP contribution in [0.25, 0.3) is 0 Å². The summed E-state index contributed by atoms with van der Waals surface area (Å²) in [5.74, 6) is 0.150. The number of benzene rings is 1. The molecule has 4 nitrogen and oxygen atoms in total. The highest BCUT2D eigenvalue weighted by Gasteiger charge is 2.18. The number of rotatable bonds is 8. The molecule has 0 saturated heterocycles. The molecule has 24 heavy (non-hydrogen) atoms. The van der Waals surface area contributed by atoms with Crippen molar-refractivity contribution in [2.75, 3.05) is 20.3 Å². The van der Waals surface area contributed by atoms with Gasteiger partial charge in [-0.1, -0.05) is 43.7 Å². The summed E-state index contributed by atoms with van der Waals surface area (Å²) in [5, 5.41) is 0. The molecule has 0 aliphatic heterocycles. The molecule has 0 aliphatic rings. The fraction of sp³-hybridized carbons (Fsp3) is 0.450. The van der Waals surface area contributed by atoms with Gasteiger partial charge in [0.15, 0.2) is 0 Å². The van der Waals surface area contributed by atoms with E-state index in [0.717, 1.165) is 12.2 Å². The van der Waals surface area contributed by atoms with E-state index in [1.54, 1.807) is 7.11 Å². The van der Waals surface area contributed by atoms with Crippen LogP contribution in [0.4, 0.5) is 0 Å². The van der Waals surface area contributed by atoms with Crippen LogP contribution >= 0.6 is 0 Å². The molecule has 1 aromatic carbocycles. The molecule has 0 aliphatic carbocycles. The highest BCUT2D eigenvalue weighted by atomic mass is 16.5. The van der Waals surface area contributed by atoms with Crippen molar-refractivity contribution in [2.45, 2.75) is 33.9 Å². The van der Waals surface area contributed by atoms with Gasteiger partial charge in [0.05, 0.1) is 13.2 Å². The molecule has 0 radical (unpaired) electrons. The van der Waals surface area contributed by atoms with E-state index in [2.05, 4.69) is 48.0 Å². The fourth-order valence-corrected chi connectivity index (χ4v) is 2.78. The average Bonchev–Trinajstić information content (AvgIpc) is 2.97. The van der Waals surface area contributed by atoms with Crippen LogP contribution in [0.3, 0.4) is 0 Å². The highest BCUT2D eigenvalue weighted by Crippen LogP contribution is 2.13. The minimum Gasteiger partial charge on any atom is -0.383 e. The summed E-state index contributed by atoms with van der Waals surface area (Å²) in [5.41, 5.74) is 3.67. The maximum atomic E-state index is 12.5. The second-order valence-corrected chi connectivity index (χ2v) is 6.52. The van der Waals surface area contributed by atoms with Crippen LogP contribution < -0.4 is 0 Å². The number of aryl methyl sites for hydroxylation is 1. The first-order valence-electron chi connectivity index (χ1n) is 8.48. The molecule has 0 saturated carbocycles. The van der Waals surface area contributed by atoms with Crippen LogP contribution in [-0.4, -0.2) is 35.6 Å². The van der Waals surface area contributed by atoms with E-state index >= 15 is 0 Å². The van der Waals surface area contributed by atoms with Crippen molar-refractivity contribution in [3.63, 3.8) is 0 Å². The van der Waals surface area contributed by atoms with Crippen molar-refractivity contribution in [3.05, 3.63) is 59.4 Å². The molecule has 0 N–H and O–H groups in total. The van der Waals surface area contributed by atoms with Gasteiger partial charge in [-0.2, -0.15) is 0 Å². The first-order chi connectivity index (χ1) is 11.5. The number of carbonyl (C=O) groups is 1. The van der Waals surface area contributed by atoms with Crippen LogP contribution in [0.15, 0.2) is 42.6 Å². The maximum absolute atomic E-state index is 12.5. The number of hydrogen-bond acceptors (Lipinski definition) is 2. The molecule has 0 spiro atoms. The Kier molecular flexibility index (Phi) is 6.62. The minimum absolute atomic E-state index is 0.0120. The SMILES string of the molecule is COCCN(Cc1cccn1Cc1cccc(C)c1)C(=O)C(C)C. The Hall–Kier alpha value is -2.07. The number of nitrogens with zero attached hydrogens (tertiary/aromatic N) is 2. The molecular weight excluding hydrogens is 300 g/mol. The van der Waals surface area contributed by atoms with E-state index in [0.29, 0.717) is 19.7 Å². The highest BCUT2D eigenvalue weighted by molar-refractivity contribution is 5.78. The largest absolute Gasteiger partial charge is 0.383 e. The molecule has 2 rings (SSSR count). The van der Waals surface area contributed by atoms with Crippen LogP contribution in [0, 0.1) is 12.8 Å². The topological polar surface area (TPSA) is 34.5 Å². The zero-order valence-corrected chi connectivity index (χ0v) is 15.2. The normalized spacial score (nSPS) is 11.0. The molecule has 1 amide bonds. The van der Waals surface area contributed by atoms with Gasteiger partial charge in [-0.3, -0.25) is 4.79 Å². The quantitative estimate of drug-likeness (QED) is 0.743. The molecular formula is C20H28N2O2. The Labute approximate surface area is 145 Å². The van der Waals surface area contributed by atoms with Gasteiger partial charge in [0, 0.05) is 38.0 Å². The van der Waals surface area contributed by atoms with Gasteiger partial charge < -0.3 is 14.2 Å². The number of aromatic nitrogens is 1. The van der Waals surface area contributed by atoms with Crippen LogP contribution in [-0.2, 0) is 22.6 Å². The van der Waals surface area contributed by atoms with Crippen LogP contribution in [0.2, 0.25) is 0 Å². The Morgan fingerprint density at radius 3 is 2.71 bits per heavy atom. The lowest BCUT2D eigenvalue weighted by Crippen LogP contribution is -2.36. The van der Waals surface area contributed by atoms with Crippen molar-refractivity contribution in [1.82, 2.24) is 9.47 Å². The van der Waals surface area contributed by atoms with Crippen molar-refractivity contribution in [3.8, 4) is 0 Å². The molecule has 130 valence electrons. The number of hydrogen-bond donors (Lipinski definition) is 0. The molecule has 4 heteroatoms. The Balaban J connectivity index is 2.13. The molecule has 0 unspecified atom stereocenters. The minimum atomic E-state index is -0.0120. The first-order valence-corrected chi connectivity index (χ1v) is 8.48. The molecule has 1 heterocycles. The molecule has 2 aromatic rings. The zero-order chi connectivity index (χ0) is 17.5. The smallest absolute Gasteiger partial charge is 0.225 e. The van der Waals surface area contributed by atoms with Crippen LogP contribution in [0.1, 0.15) is 30.7 Å². The first kappa shape index (κ1) is 18.3. The molecule has 0 atom stereocenters. The van der Waals surface area contributed by atoms with E-state index < -0.39 is 0 Å². The van der Waals surface area contributed by atoms with Crippen molar-refractivity contribution in [1.29, 1.82) is 0 Å². The second kappa shape index (κ2) is 8.69. The molecule has 0 bridgehead atoms. The second-order valence-electron chi connectivity index (χ2n) is 6.52. The maximum Gasteiger partial charge on any atom is 0.225 e. The molecule has 1 aromatic heterocycles. The third-order valence-electron chi connectivity index (χ3n) is 4.08. The lowest BCUT2D eigenvalue weighted by Gasteiger charge is -2.25. The van der Waals surface area contributed by atoms with Gasteiger partial charge in [-0.15, -0.1) is 0 Å². The van der Waals surface area contributed by atoms with Crippen LogP contribution in [0.5, 0.6) is 0 Å². The third kappa shape index (κ3) is 4.96. The predicted octanol–water partition coefficient (Wildman–Crippen LogP) is 3.48. The summed E-state index contributed by atoms with van der Waals surface area (Å²) in [7, 11) is 1.67. The monoisotopic (exact) mass is 328 g/mol. The Bertz CT molecular complexity index is 661. The summed E-state index contributed by atoms with van der Waals surface area (Å²) in [4.78, 5) is 14.3. The van der Waals surface area contributed by atoms with Gasteiger partial charge in [0.25, 0.3) is 0 Å². The van der Waals surface area contributed by atoms with E-state index in [9.17, 15) is 4.79 Å². The summed E-state index contributed by atoms with van der Waals surface area (Å²) in [6.07, 6.45) is 2.08. The van der Waals surface area contributed by atoms with Crippen molar-refractivity contribution < 1.29 is 9.53 Å². The Morgan fingerprint density at radius 2 is 2.04 bits per heavy atom. The number of amides is 1. The third-order valence-corrected chi connectivity index (χ3v) is 4.08. The van der Waals surface area contributed by atoms with Gasteiger partial charge in [0.1, 0.15) is 0 Å². The lowest BCUT2D eigenvalue weighted by atomic mass is 10.1. The van der Waals surface area contributed by atoms with Gasteiger partial charge >= 0.3 is 0 Å². The summed E-state index contributed by atoms with van der Waals surface area (Å²) in [6.45, 7) is 8.58. The Morgan fingerprint density at radius 1 is 1.25 bits per heavy atom. The van der Waals surface area contributed by atoms with Crippen molar-refractivity contribution in [2.24, 2.45) is 5.92 Å². The van der Waals surface area contributed by atoms with E-state index in [1.165, 1.54) is 11.1 Å². The van der Waals surface area contributed by atoms with Gasteiger partial charge in [0.2, 0.25) is 5.91 Å². The van der Waals surface area contributed by atoms with E-state index in [-0.39, 0.29) is 11.8 Å². The number of ether oxygens (including phenoxy) is 1. The standard InChI is InChI=1S/C20H28N2O2/c1-16(2)20(23)22(11-12-24-4)15-19-9-6-10-21(19)14-18-8-5-7-17(3)13-18/h5-10,13,16H,11-12,14-15H2,1-4H3. The lowest BCUT2D eigenvalue weighted by molar-refractivity contribution is -0.135. The van der Waals surface area contributed by atoms with Gasteiger partial charge in [-0.25, -0.2) is 0 Å². The summed E-state index contributed by atoms with van der Waals surface area (Å²) >= 11 is 0. The van der Waals surface area contributed by atoms with Gasteiger partial charge in [-0.05, 0) is 24.6 Å².